The molecular formula is C47H40F5N9O5S2. The molecule has 21 heteroatoms. The molecule has 68 heavy (non-hydrogen) atoms. The second kappa shape index (κ2) is 19.3. The molecule has 0 saturated carbocycles. The van der Waals surface area contributed by atoms with Crippen LogP contribution in [-0.4, -0.2) is 51.8 Å². The summed E-state index contributed by atoms with van der Waals surface area (Å²) in [5.74, 6) is -4.29. The van der Waals surface area contributed by atoms with Crippen molar-refractivity contribution in [2.24, 2.45) is 5.92 Å². The second-order valence-corrected chi connectivity index (χ2v) is 17.8. The lowest BCUT2D eigenvalue weighted by molar-refractivity contribution is -0.275. The molecule has 0 aliphatic carbocycles. The van der Waals surface area contributed by atoms with Crippen LogP contribution in [-0.2, 0) is 13.0 Å². The fraction of sp³-hybridized carbons (Fsp3) is 0.191. The maximum absolute atomic E-state index is 15.4. The van der Waals surface area contributed by atoms with Gasteiger partial charge in [-0.05, 0) is 84.5 Å². The number of nitrogen functional groups attached to an aromatic ring is 3. The number of hydrogen-bond donors (Lipinski definition) is 5. The van der Waals surface area contributed by atoms with Crippen molar-refractivity contribution in [3.05, 3.63) is 131 Å². The van der Waals surface area contributed by atoms with E-state index in [9.17, 15) is 27.2 Å². The molecule has 0 saturated heterocycles. The average molecular weight is 970 g/mol. The van der Waals surface area contributed by atoms with Gasteiger partial charge in [-0.1, -0.05) is 53.9 Å². The lowest BCUT2D eigenvalue weighted by Crippen LogP contribution is -2.28. The number of halogens is 5. The van der Waals surface area contributed by atoms with E-state index < -0.39 is 47.5 Å². The monoisotopic (exact) mass is 969 g/mol. The number of alkyl halides is 3. The van der Waals surface area contributed by atoms with Crippen molar-refractivity contribution in [2.75, 3.05) is 30.9 Å². The summed E-state index contributed by atoms with van der Waals surface area (Å²) in [7, 11) is 1.35. The van der Waals surface area contributed by atoms with Crippen molar-refractivity contribution in [3.8, 4) is 39.6 Å². The van der Waals surface area contributed by atoms with Crippen LogP contribution in [0.5, 0.6) is 17.4 Å². The Labute approximate surface area is 392 Å². The number of nitrogens with two attached hydrogens (primary N) is 3. The van der Waals surface area contributed by atoms with Gasteiger partial charge >= 0.3 is 6.36 Å². The summed E-state index contributed by atoms with van der Waals surface area (Å²) in [5, 5.41) is 6.20. The molecule has 4 heterocycles. The third kappa shape index (κ3) is 10.6. The Kier molecular flexibility index (Phi) is 13.3. The highest BCUT2D eigenvalue weighted by Gasteiger charge is 2.33. The third-order valence-electron chi connectivity index (χ3n) is 10.7. The van der Waals surface area contributed by atoms with Crippen LogP contribution in [0.2, 0.25) is 0 Å². The highest BCUT2D eigenvalue weighted by Crippen LogP contribution is 2.36. The molecule has 8 N–H and O–H groups in total. The number of rotatable bonds is 15. The second-order valence-electron chi connectivity index (χ2n) is 15.7. The van der Waals surface area contributed by atoms with Gasteiger partial charge in [0.1, 0.15) is 22.9 Å². The summed E-state index contributed by atoms with van der Waals surface area (Å²) in [4.78, 5) is 44.2. The van der Waals surface area contributed by atoms with Crippen LogP contribution in [0, 0.1) is 17.6 Å². The number of anilines is 3. The number of aromatic nitrogens is 4. The Morgan fingerprint density at radius 1 is 0.794 bits per heavy atom. The number of carbonyl (C=O) groups excluding carboxylic acids is 2. The maximum atomic E-state index is 15.4. The lowest BCUT2D eigenvalue weighted by Gasteiger charge is -2.21. The number of methoxy groups -OCH3 is 1. The molecule has 8 aromatic rings. The van der Waals surface area contributed by atoms with Gasteiger partial charge in [0.15, 0.2) is 21.8 Å². The lowest BCUT2D eigenvalue weighted by atomic mass is 9.97. The number of ether oxygens (including phenoxy) is 3. The van der Waals surface area contributed by atoms with Gasteiger partial charge in [0.2, 0.25) is 5.88 Å². The molecule has 2 amide bonds. The molecule has 0 aliphatic heterocycles. The highest BCUT2D eigenvalue weighted by atomic mass is 32.1. The normalized spacial score (nSPS) is 12.5. The number of carbonyl (C=O) groups is 2. The molecule has 0 bridgehead atoms. The fourth-order valence-corrected chi connectivity index (χ4v) is 9.05. The van der Waals surface area contributed by atoms with Crippen molar-refractivity contribution < 1.29 is 45.8 Å². The molecule has 0 radical (unpaired) electrons. The zero-order chi connectivity index (χ0) is 48.4. The van der Waals surface area contributed by atoms with E-state index in [0.29, 0.717) is 44.1 Å². The zero-order valence-electron chi connectivity index (χ0n) is 36.2. The van der Waals surface area contributed by atoms with Gasteiger partial charge in [-0.15, -0.1) is 13.2 Å². The molecule has 4 aromatic heterocycles. The van der Waals surface area contributed by atoms with Crippen LogP contribution >= 0.6 is 22.7 Å². The first kappa shape index (κ1) is 46.9. The number of amides is 2. The van der Waals surface area contributed by atoms with Crippen molar-refractivity contribution in [1.82, 2.24) is 30.6 Å². The topological polar surface area (TPSA) is 216 Å². The molecule has 2 atom stereocenters. The van der Waals surface area contributed by atoms with E-state index in [1.165, 1.54) is 61.1 Å². The minimum Gasteiger partial charge on any atom is -0.490 e. The number of hydrogen-bond acceptors (Lipinski definition) is 14. The van der Waals surface area contributed by atoms with Gasteiger partial charge in [-0.25, -0.2) is 28.7 Å². The number of nitrogens with one attached hydrogen (secondary N) is 2. The Balaban J connectivity index is 0.951. The van der Waals surface area contributed by atoms with Gasteiger partial charge in [0.05, 0.1) is 45.8 Å². The van der Waals surface area contributed by atoms with Crippen LogP contribution in [0.3, 0.4) is 0 Å². The quantitative estimate of drug-likeness (QED) is 0.0607. The highest BCUT2D eigenvalue weighted by molar-refractivity contribution is 7.22. The Hall–Kier alpha value is -7.65. The van der Waals surface area contributed by atoms with Crippen molar-refractivity contribution >= 4 is 71.0 Å². The van der Waals surface area contributed by atoms with E-state index in [1.807, 2.05) is 18.2 Å². The van der Waals surface area contributed by atoms with Crippen molar-refractivity contribution in [1.29, 1.82) is 0 Å². The van der Waals surface area contributed by atoms with Crippen LogP contribution in [0.15, 0.2) is 91.3 Å². The first-order chi connectivity index (χ1) is 32.4. The van der Waals surface area contributed by atoms with Gasteiger partial charge in [0.25, 0.3) is 11.8 Å². The zero-order valence-corrected chi connectivity index (χ0v) is 37.8. The Morgan fingerprint density at radius 3 is 2.18 bits per heavy atom. The molecule has 0 aliphatic rings. The summed E-state index contributed by atoms with van der Waals surface area (Å²) in [6.07, 6.45) is -2.03. The van der Waals surface area contributed by atoms with Crippen molar-refractivity contribution in [3.63, 3.8) is 0 Å². The fourth-order valence-electron chi connectivity index (χ4n) is 7.50. The van der Waals surface area contributed by atoms with E-state index in [4.69, 9.17) is 26.7 Å². The predicted octanol–water partition coefficient (Wildman–Crippen LogP) is 9.64. The van der Waals surface area contributed by atoms with Gasteiger partial charge < -0.3 is 42.0 Å². The van der Waals surface area contributed by atoms with Gasteiger partial charge in [-0.2, -0.15) is 0 Å². The van der Waals surface area contributed by atoms with Crippen LogP contribution in [0.4, 0.5) is 38.0 Å². The third-order valence-corrected chi connectivity index (χ3v) is 12.4. The SMILES string of the molecule is COc1ncc(-c2ccc3nc(N)sc3c2)cc1C(=O)NCc1cc(F)cc(F)c1OCC(C)Cc1ccc(OC(F)(F)F)c(C(C)NC(=O)c2cnc(N)c(-c3ccc4nc(N)sc4c3)c2)c1. The summed E-state index contributed by atoms with van der Waals surface area (Å²) in [6.45, 7) is 2.78. The Morgan fingerprint density at radius 2 is 1.49 bits per heavy atom. The summed E-state index contributed by atoms with van der Waals surface area (Å²) < 4.78 is 88.0. The Bertz CT molecular complexity index is 3220. The van der Waals surface area contributed by atoms with E-state index in [-0.39, 0.29) is 59.3 Å². The summed E-state index contributed by atoms with van der Waals surface area (Å²) in [6, 6.07) is 18.6. The molecule has 14 nitrogen and oxygen atoms in total. The van der Waals surface area contributed by atoms with Crippen LogP contribution in [0.25, 0.3) is 42.7 Å². The maximum Gasteiger partial charge on any atom is 0.573 e. The molecular weight excluding hydrogens is 930 g/mol. The standard InChI is InChI=1S/C47H40F5N9O5S2/c1-22(21-65-40-28(12-30(48)17-34(40)49)19-57-43(63)33-13-27(18-58-44(33)64-3)25-5-7-35-38(15-25)67-45(54)60-35)10-24-4-9-37(66-47(50,51)52)31(11-24)23(2)59-42(62)29-14-32(41(53)56-20-29)26-6-8-36-39(16-26)68-46(55)61-36/h4-9,11-18,20,22-23H,10,19,21H2,1-3H3,(H2,53,56)(H2,54,60)(H2,55,61)(H,57,63)(H,59,62). The van der Waals surface area contributed by atoms with E-state index >= 15 is 4.39 Å². The minimum atomic E-state index is -5.04. The van der Waals surface area contributed by atoms with Crippen LogP contribution in [0.1, 0.15) is 57.3 Å². The number of benzene rings is 4. The molecule has 2 unspecified atom stereocenters. The van der Waals surface area contributed by atoms with Crippen LogP contribution < -0.4 is 42.0 Å². The first-order valence-corrected chi connectivity index (χ1v) is 22.3. The summed E-state index contributed by atoms with van der Waals surface area (Å²) in [5.41, 5.74) is 22.4. The molecule has 350 valence electrons. The molecule has 0 spiro atoms. The number of nitrogens with zero attached hydrogens (tertiary/aromatic N) is 4. The minimum absolute atomic E-state index is 0.00522. The molecule has 4 aromatic carbocycles. The number of fused-ring (bicyclic) bond motifs is 2. The smallest absolute Gasteiger partial charge is 0.490 e. The number of thiazole rings is 2. The van der Waals surface area contributed by atoms with E-state index in [0.717, 1.165) is 32.6 Å². The van der Waals surface area contributed by atoms with Crippen molar-refractivity contribution in [2.45, 2.75) is 39.2 Å². The largest absolute Gasteiger partial charge is 0.573 e. The summed E-state index contributed by atoms with van der Waals surface area (Å²) >= 11 is 2.59. The van der Waals surface area contributed by atoms with Gasteiger partial charge in [0, 0.05) is 47.3 Å². The molecule has 8 rings (SSSR count). The van der Waals surface area contributed by atoms with E-state index in [2.05, 4.69) is 35.3 Å². The van der Waals surface area contributed by atoms with E-state index in [1.54, 1.807) is 37.4 Å². The number of pyridine rings is 2. The average Bonchev–Trinajstić information content (AvgIpc) is 3.87. The molecule has 0 fully saturated rings. The van der Waals surface area contributed by atoms with Gasteiger partial charge in [-0.3, -0.25) is 9.59 Å². The first-order valence-electron chi connectivity index (χ1n) is 20.6. The predicted molar refractivity (Wildman–Crippen MR) is 250 cm³/mol.